The number of para-hydroxylation sites is 1. The summed E-state index contributed by atoms with van der Waals surface area (Å²) in [4.78, 5) is 21.0. The molecule has 1 aliphatic heterocycles. The molecule has 28 heavy (non-hydrogen) atoms. The van der Waals surface area contributed by atoms with Crippen LogP contribution < -0.4 is 15.1 Å². The molecule has 3 aromatic rings. The van der Waals surface area contributed by atoms with Crippen LogP contribution in [0, 0.1) is 12.7 Å². The van der Waals surface area contributed by atoms with Gasteiger partial charge in [-0.3, -0.25) is 4.79 Å². The van der Waals surface area contributed by atoms with Crippen molar-refractivity contribution < 1.29 is 13.6 Å². The quantitative estimate of drug-likeness (QED) is 0.711. The van der Waals surface area contributed by atoms with Gasteiger partial charge in [0.25, 0.3) is 5.91 Å². The van der Waals surface area contributed by atoms with Crippen LogP contribution in [0.25, 0.3) is 0 Å². The fourth-order valence-electron chi connectivity index (χ4n) is 3.20. The fraction of sp³-hybridized carbons (Fsp3) is 0.300. The first-order valence-corrected chi connectivity index (χ1v) is 10.0. The zero-order chi connectivity index (χ0) is 19.5. The zero-order valence-electron chi connectivity index (χ0n) is 15.5. The monoisotopic (exact) mass is 400 g/mol. The summed E-state index contributed by atoms with van der Waals surface area (Å²) in [6.45, 7) is 5.08. The van der Waals surface area contributed by atoms with Crippen LogP contribution in [0.3, 0.4) is 0 Å². The molecule has 0 aliphatic carbocycles. The molecular weight excluding hydrogens is 379 g/mol. The van der Waals surface area contributed by atoms with E-state index < -0.39 is 0 Å². The summed E-state index contributed by atoms with van der Waals surface area (Å²) < 4.78 is 19.4. The third-order valence-corrected chi connectivity index (χ3v) is 5.59. The number of aryl methyl sites for hydroxylation is 1. The summed E-state index contributed by atoms with van der Waals surface area (Å²) in [5, 5.41) is 5.40. The Kier molecular flexibility index (Phi) is 5.29. The van der Waals surface area contributed by atoms with Crippen LogP contribution in [0.5, 0.6) is 0 Å². The van der Waals surface area contributed by atoms with E-state index in [1.54, 1.807) is 17.5 Å². The van der Waals surface area contributed by atoms with E-state index in [1.165, 1.54) is 17.4 Å². The maximum Gasteiger partial charge on any atom is 0.271 e. The largest absolute Gasteiger partial charge is 0.465 e. The number of nitrogens with one attached hydrogen (secondary N) is 1. The number of hydrogen-bond donors (Lipinski definition) is 1. The predicted octanol–water partition coefficient (Wildman–Crippen LogP) is 3.44. The van der Waals surface area contributed by atoms with Crippen LogP contribution in [0.15, 0.2) is 46.2 Å². The zero-order valence-corrected chi connectivity index (χ0v) is 16.3. The van der Waals surface area contributed by atoms with Gasteiger partial charge in [0.05, 0.1) is 12.2 Å². The number of aromatic nitrogens is 1. The van der Waals surface area contributed by atoms with E-state index in [9.17, 15) is 9.18 Å². The van der Waals surface area contributed by atoms with Crippen LogP contribution >= 0.6 is 11.3 Å². The van der Waals surface area contributed by atoms with Crippen LogP contribution in [0.4, 0.5) is 15.2 Å². The minimum absolute atomic E-state index is 0.198. The Balaban J connectivity index is 1.33. The summed E-state index contributed by atoms with van der Waals surface area (Å²) in [6, 6.07) is 10.5. The first-order valence-electron chi connectivity index (χ1n) is 9.13. The summed E-state index contributed by atoms with van der Waals surface area (Å²) in [5.74, 6) is 1.11. The molecule has 8 heteroatoms. The molecule has 0 spiro atoms. The van der Waals surface area contributed by atoms with E-state index in [-0.39, 0.29) is 11.7 Å². The van der Waals surface area contributed by atoms with Gasteiger partial charge in [0.1, 0.15) is 23.0 Å². The molecule has 6 nitrogen and oxygen atoms in total. The number of thiazole rings is 1. The maximum atomic E-state index is 14.0. The minimum Gasteiger partial charge on any atom is -0.465 e. The molecule has 1 saturated heterocycles. The van der Waals surface area contributed by atoms with E-state index in [0.717, 1.165) is 24.0 Å². The van der Waals surface area contributed by atoms with E-state index in [2.05, 4.69) is 15.2 Å². The van der Waals surface area contributed by atoms with Crippen molar-refractivity contribution in [2.75, 3.05) is 36.0 Å². The average molecular weight is 400 g/mol. The molecule has 0 unspecified atom stereocenters. The summed E-state index contributed by atoms with van der Waals surface area (Å²) in [6.07, 6.45) is 0. The van der Waals surface area contributed by atoms with Crippen molar-refractivity contribution in [2.45, 2.75) is 13.5 Å². The van der Waals surface area contributed by atoms with Crippen molar-refractivity contribution >= 4 is 28.1 Å². The van der Waals surface area contributed by atoms with E-state index in [0.29, 0.717) is 36.8 Å². The molecule has 0 radical (unpaired) electrons. The third kappa shape index (κ3) is 4.01. The van der Waals surface area contributed by atoms with Crippen molar-refractivity contribution in [3.05, 3.63) is 64.8 Å². The molecule has 1 aromatic carbocycles. The van der Waals surface area contributed by atoms with Crippen LogP contribution in [0.2, 0.25) is 0 Å². The van der Waals surface area contributed by atoms with Gasteiger partial charge in [-0.05, 0) is 31.2 Å². The van der Waals surface area contributed by atoms with Crippen molar-refractivity contribution in [3.63, 3.8) is 0 Å². The molecule has 1 N–H and O–H groups in total. The number of carbonyl (C=O) groups excluding carboxylic acids is 1. The Hall–Kier alpha value is -2.87. The maximum absolute atomic E-state index is 14.0. The lowest BCUT2D eigenvalue weighted by molar-refractivity contribution is 0.0943. The van der Waals surface area contributed by atoms with Gasteiger partial charge in [-0.1, -0.05) is 12.1 Å². The first kappa shape index (κ1) is 18.5. The average Bonchev–Trinajstić information content (AvgIpc) is 3.36. The second-order valence-electron chi connectivity index (χ2n) is 6.64. The highest BCUT2D eigenvalue weighted by Crippen LogP contribution is 2.25. The number of nitrogens with zero attached hydrogens (tertiary/aromatic N) is 3. The molecule has 0 atom stereocenters. The number of halogens is 1. The molecule has 1 fully saturated rings. The fourth-order valence-corrected chi connectivity index (χ4v) is 4.06. The highest BCUT2D eigenvalue weighted by molar-refractivity contribution is 7.13. The van der Waals surface area contributed by atoms with Gasteiger partial charge >= 0.3 is 0 Å². The molecule has 4 rings (SSSR count). The number of furan rings is 1. The summed E-state index contributed by atoms with van der Waals surface area (Å²) in [7, 11) is 0. The molecule has 1 aliphatic rings. The van der Waals surface area contributed by atoms with Crippen molar-refractivity contribution in [1.82, 2.24) is 10.3 Å². The molecular formula is C20H21FN4O2S. The van der Waals surface area contributed by atoms with Gasteiger partial charge in [-0.2, -0.15) is 0 Å². The van der Waals surface area contributed by atoms with Crippen LogP contribution in [-0.4, -0.2) is 37.1 Å². The van der Waals surface area contributed by atoms with Crippen LogP contribution in [-0.2, 0) is 6.54 Å². The molecule has 0 saturated carbocycles. The van der Waals surface area contributed by atoms with E-state index in [4.69, 9.17) is 4.42 Å². The second-order valence-corrected chi connectivity index (χ2v) is 7.47. The predicted molar refractivity (Wildman–Crippen MR) is 108 cm³/mol. The Morgan fingerprint density at radius 1 is 1.18 bits per heavy atom. The normalized spacial score (nSPS) is 14.4. The number of amides is 1. The number of anilines is 2. The highest BCUT2D eigenvalue weighted by Gasteiger charge is 2.22. The Morgan fingerprint density at radius 3 is 2.64 bits per heavy atom. The topological polar surface area (TPSA) is 61.6 Å². The smallest absolute Gasteiger partial charge is 0.271 e. The second kappa shape index (κ2) is 8.02. The standard InChI is InChI=1S/C20H21FN4O2S/c1-14-6-7-15(27-14)12-22-19(26)17-13-28-20(23-17)25-10-8-24(9-11-25)18-5-3-2-4-16(18)21/h2-7,13H,8-12H2,1H3,(H,22,26). The first-order chi connectivity index (χ1) is 13.6. The number of hydrogen-bond acceptors (Lipinski definition) is 6. The molecule has 1 amide bonds. The summed E-state index contributed by atoms with van der Waals surface area (Å²) >= 11 is 1.45. The lowest BCUT2D eigenvalue weighted by Gasteiger charge is -2.36. The van der Waals surface area contributed by atoms with Crippen molar-refractivity contribution in [3.8, 4) is 0 Å². The van der Waals surface area contributed by atoms with Gasteiger partial charge < -0.3 is 19.5 Å². The Morgan fingerprint density at radius 2 is 1.93 bits per heavy atom. The lowest BCUT2D eigenvalue weighted by atomic mass is 10.2. The molecule has 3 heterocycles. The van der Waals surface area contributed by atoms with E-state index in [1.807, 2.05) is 30.0 Å². The Labute approximate surface area is 166 Å². The SMILES string of the molecule is Cc1ccc(CNC(=O)c2csc(N3CCN(c4ccccc4F)CC3)n2)o1. The highest BCUT2D eigenvalue weighted by atomic mass is 32.1. The number of piperazine rings is 1. The molecule has 146 valence electrons. The third-order valence-electron chi connectivity index (χ3n) is 4.69. The van der Waals surface area contributed by atoms with Crippen molar-refractivity contribution in [1.29, 1.82) is 0 Å². The minimum atomic E-state index is -0.221. The van der Waals surface area contributed by atoms with Gasteiger partial charge in [0.15, 0.2) is 5.13 Å². The van der Waals surface area contributed by atoms with Crippen molar-refractivity contribution in [2.24, 2.45) is 0 Å². The number of carbonyl (C=O) groups is 1. The molecule has 2 aromatic heterocycles. The Bertz CT molecular complexity index is 963. The summed E-state index contributed by atoms with van der Waals surface area (Å²) in [5.41, 5.74) is 1.04. The van der Waals surface area contributed by atoms with Crippen LogP contribution in [0.1, 0.15) is 22.0 Å². The van der Waals surface area contributed by atoms with Gasteiger partial charge in [0.2, 0.25) is 0 Å². The number of rotatable bonds is 5. The number of benzene rings is 1. The van der Waals surface area contributed by atoms with E-state index >= 15 is 0 Å². The van der Waals surface area contributed by atoms with Gasteiger partial charge in [-0.25, -0.2) is 9.37 Å². The van der Waals surface area contributed by atoms with Gasteiger partial charge in [-0.15, -0.1) is 11.3 Å². The lowest BCUT2D eigenvalue weighted by Crippen LogP contribution is -2.46. The molecule has 0 bridgehead atoms. The van der Waals surface area contributed by atoms with Gasteiger partial charge in [0, 0.05) is 31.6 Å².